The molecule has 1 rings (SSSR count). The van der Waals surface area contributed by atoms with Crippen molar-refractivity contribution in [2.75, 3.05) is 0 Å². The van der Waals surface area contributed by atoms with E-state index in [1.54, 1.807) is 12.1 Å². The summed E-state index contributed by atoms with van der Waals surface area (Å²) < 4.78 is 0. The fraction of sp³-hybridized carbons (Fsp3) is 0. The fourth-order valence-electron chi connectivity index (χ4n) is 0.668. The summed E-state index contributed by atoms with van der Waals surface area (Å²) >= 11 is 5.56. The second-order valence-electron chi connectivity index (χ2n) is 1.89. The van der Waals surface area contributed by atoms with Gasteiger partial charge in [0.05, 0.1) is 5.56 Å². The van der Waals surface area contributed by atoms with Crippen molar-refractivity contribution in [2.24, 2.45) is 0 Å². The van der Waals surface area contributed by atoms with Crippen LogP contribution in [-0.4, -0.2) is 49.0 Å². The Bertz CT molecular complexity index is 285. The molecule has 1 aromatic carbocycles. The summed E-state index contributed by atoms with van der Waals surface area (Å²) in [5.74, 6) is -0.813. The molecule has 0 fully saturated rings. The van der Waals surface area contributed by atoms with Crippen LogP contribution in [0.5, 0.6) is 0 Å². The zero-order valence-electron chi connectivity index (χ0n) is 8.16. The Morgan fingerprint density at radius 1 is 1.58 bits per heavy atom. The molecule has 0 aliphatic rings. The van der Waals surface area contributed by atoms with Crippen LogP contribution in [-0.2, 0) is 4.89 Å². The third-order valence-electron chi connectivity index (χ3n) is 1.14. The minimum absolute atomic E-state index is 0. The van der Waals surface area contributed by atoms with Crippen molar-refractivity contribution in [1.82, 2.24) is 0 Å². The Hall–Kier alpha value is 0.200. The first-order chi connectivity index (χ1) is 5.24. The van der Waals surface area contributed by atoms with Crippen LogP contribution in [0, 0.1) is 0 Å². The molecule has 0 heterocycles. The molecular weight excluding hydrogens is 208 g/mol. The largest absolute Gasteiger partial charge is 2.00 e. The maximum absolute atomic E-state index is 10.6. The molecule has 62 valence electrons. The average molecular weight is 215 g/mol. The summed E-state index contributed by atoms with van der Waals surface area (Å²) in [5.41, 5.74) is 0.222. The van der Waals surface area contributed by atoms with Gasteiger partial charge in [-0.3, -0.25) is 4.89 Å². The summed E-state index contributed by atoms with van der Waals surface area (Å²) in [6, 6.07) is 6.11. The Kier molecular flexibility index (Phi) is 5.87. The first-order valence-corrected chi connectivity index (χ1v) is 3.23. The van der Waals surface area contributed by atoms with Gasteiger partial charge in [-0.25, -0.2) is 4.79 Å². The van der Waals surface area contributed by atoms with Gasteiger partial charge in [-0.2, -0.15) is 5.26 Å². The topological polar surface area (TPSA) is 46.5 Å². The van der Waals surface area contributed by atoms with Gasteiger partial charge < -0.3 is 2.85 Å². The zero-order valence-corrected chi connectivity index (χ0v) is 9.12. The summed E-state index contributed by atoms with van der Waals surface area (Å²) in [6.45, 7) is 0. The van der Waals surface area contributed by atoms with E-state index in [0.717, 1.165) is 0 Å². The van der Waals surface area contributed by atoms with Gasteiger partial charge in [-0.15, -0.1) is 0 Å². The number of halogens is 1. The van der Waals surface area contributed by atoms with E-state index in [-0.39, 0.29) is 46.2 Å². The molecule has 0 saturated carbocycles. The van der Waals surface area contributed by atoms with E-state index in [4.69, 9.17) is 16.9 Å². The normalized spacial score (nSPS) is 8.50. The van der Waals surface area contributed by atoms with Crippen LogP contribution in [0.3, 0.4) is 0 Å². The molecule has 0 atom stereocenters. The number of hydrogen-bond acceptors (Lipinski definition) is 3. The second kappa shape index (κ2) is 5.78. The molecule has 0 aliphatic carbocycles. The summed E-state index contributed by atoms with van der Waals surface area (Å²) in [5, 5.41) is 8.41. The minimum atomic E-state index is -0.813. The second-order valence-corrected chi connectivity index (χ2v) is 2.33. The van der Waals surface area contributed by atoms with Crippen molar-refractivity contribution in [3.63, 3.8) is 0 Å². The van der Waals surface area contributed by atoms with Crippen LogP contribution < -0.4 is 0 Å². The third kappa shape index (κ3) is 3.29. The van der Waals surface area contributed by atoms with Crippen molar-refractivity contribution in [3.05, 3.63) is 34.9 Å². The summed E-state index contributed by atoms with van der Waals surface area (Å²) in [4.78, 5) is 14.1. The number of carbonyl (C=O) groups excluding carboxylic acids is 1. The molecule has 1 N–H and O–H groups in total. The van der Waals surface area contributed by atoms with Crippen LogP contribution >= 0.6 is 11.6 Å². The van der Waals surface area contributed by atoms with Gasteiger partial charge in [-0.05, 0) is 18.2 Å². The maximum Gasteiger partial charge on any atom is 2.00 e. The van der Waals surface area contributed by atoms with E-state index < -0.39 is 5.97 Å². The molecule has 0 aromatic heterocycles. The van der Waals surface area contributed by atoms with E-state index in [1.807, 2.05) is 0 Å². The maximum atomic E-state index is 10.6. The van der Waals surface area contributed by atoms with E-state index in [1.165, 1.54) is 12.1 Å². The smallest absolute Gasteiger partial charge is 1.00 e. The molecule has 3 nitrogen and oxygen atoms in total. The first-order valence-electron chi connectivity index (χ1n) is 2.85. The van der Waals surface area contributed by atoms with Gasteiger partial charge in [0.25, 0.3) is 0 Å². The van der Waals surface area contributed by atoms with Crippen molar-refractivity contribution in [1.29, 1.82) is 0 Å². The molecular formula is C7H7CaClO3. The van der Waals surface area contributed by atoms with Crippen LogP contribution in [0.1, 0.15) is 13.2 Å². The van der Waals surface area contributed by atoms with Gasteiger partial charge in [0.1, 0.15) is 0 Å². The first kappa shape index (κ1) is 12.2. The number of rotatable bonds is 1. The molecule has 12 heavy (non-hydrogen) atoms. The molecule has 0 spiro atoms. The van der Waals surface area contributed by atoms with Crippen LogP contribution in [0.25, 0.3) is 0 Å². The van der Waals surface area contributed by atoms with E-state index in [2.05, 4.69) is 4.89 Å². The molecule has 0 amide bonds. The van der Waals surface area contributed by atoms with Gasteiger partial charge in [0, 0.05) is 5.02 Å². The van der Waals surface area contributed by atoms with E-state index >= 15 is 0 Å². The van der Waals surface area contributed by atoms with Crippen molar-refractivity contribution in [3.8, 4) is 0 Å². The van der Waals surface area contributed by atoms with Crippen LogP contribution in [0.15, 0.2) is 24.3 Å². The monoisotopic (exact) mass is 214 g/mol. The number of benzene rings is 1. The summed E-state index contributed by atoms with van der Waals surface area (Å²) in [7, 11) is 0. The Morgan fingerprint density at radius 2 is 2.25 bits per heavy atom. The molecule has 0 radical (unpaired) electrons. The van der Waals surface area contributed by atoms with E-state index in [9.17, 15) is 4.79 Å². The molecule has 0 aliphatic heterocycles. The van der Waals surface area contributed by atoms with Gasteiger partial charge in [0.15, 0.2) is 0 Å². The Balaban J connectivity index is -0.000000403. The predicted molar refractivity (Wildman–Crippen MR) is 47.5 cm³/mol. The molecule has 0 unspecified atom stereocenters. The minimum Gasteiger partial charge on any atom is -1.00 e. The summed E-state index contributed by atoms with van der Waals surface area (Å²) in [6.07, 6.45) is 0. The fourth-order valence-corrected chi connectivity index (χ4v) is 0.858. The van der Waals surface area contributed by atoms with Crippen molar-refractivity contribution < 1.29 is 17.8 Å². The van der Waals surface area contributed by atoms with Crippen LogP contribution in [0.2, 0.25) is 5.02 Å². The van der Waals surface area contributed by atoms with Crippen molar-refractivity contribution >= 4 is 55.3 Å². The zero-order chi connectivity index (χ0) is 8.27. The molecule has 1 aromatic rings. The van der Waals surface area contributed by atoms with E-state index in [0.29, 0.717) is 5.02 Å². The van der Waals surface area contributed by atoms with Crippen LogP contribution in [0.4, 0.5) is 0 Å². The Morgan fingerprint density at radius 3 is 2.75 bits per heavy atom. The molecule has 0 saturated heterocycles. The Labute approximate surface area is 107 Å². The quantitative estimate of drug-likeness (QED) is 0.441. The average Bonchev–Trinajstić information content (AvgIpc) is 2.03. The number of hydrogen-bond donors (Lipinski definition) is 1. The molecule has 5 heteroatoms. The van der Waals surface area contributed by atoms with Crippen molar-refractivity contribution in [2.45, 2.75) is 0 Å². The molecule has 0 bridgehead atoms. The van der Waals surface area contributed by atoms with Gasteiger partial charge >= 0.3 is 43.7 Å². The number of carbonyl (C=O) groups is 1. The SMILES string of the molecule is O=C(OO)c1cccc(Cl)c1.[Ca+2].[H-].[H-]. The standard InChI is InChI=1S/C7H5ClO3.Ca.2H/c8-6-3-1-2-5(4-6)7(9)11-10;;;/h1-4,10H;;;/q;+2;2*-1. The predicted octanol–water partition coefficient (Wildman–Crippen LogP) is 1.81. The van der Waals surface area contributed by atoms with Gasteiger partial charge in [0.2, 0.25) is 0 Å². The van der Waals surface area contributed by atoms with Gasteiger partial charge in [-0.1, -0.05) is 17.7 Å². The third-order valence-corrected chi connectivity index (χ3v) is 1.38.